The van der Waals surface area contributed by atoms with Crippen molar-refractivity contribution < 1.29 is 0 Å². The Hall–Kier alpha value is -1.81. The molecule has 0 unspecified atom stereocenters. The van der Waals surface area contributed by atoms with Crippen LogP contribution in [0.2, 0.25) is 5.02 Å². The average molecular weight is 414 g/mol. The van der Waals surface area contributed by atoms with Gasteiger partial charge >= 0.3 is 0 Å². The van der Waals surface area contributed by atoms with Crippen molar-refractivity contribution in [3.63, 3.8) is 0 Å². The third-order valence-corrected chi connectivity index (χ3v) is 6.24. The molecule has 3 aromatic rings. The van der Waals surface area contributed by atoms with Gasteiger partial charge < -0.3 is 4.90 Å². The van der Waals surface area contributed by atoms with Crippen LogP contribution in [0.5, 0.6) is 0 Å². The highest BCUT2D eigenvalue weighted by molar-refractivity contribution is 6.31. The lowest BCUT2D eigenvalue weighted by Crippen LogP contribution is -2.44. The Morgan fingerprint density at radius 3 is 2.50 bits per heavy atom. The fourth-order valence-electron chi connectivity index (χ4n) is 4.11. The predicted octanol–water partition coefficient (Wildman–Crippen LogP) is 6.04. The molecular formula is C23H25Cl2N3. The minimum atomic E-state index is 0.565. The van der Waals surface area contributed by atoms with Crippen LogP contribution in [0.4, 0.5) is 5.69 Å². The Bertz CT molecular complexity index is 933. The first-order valence-electron chi connectivity index (χ1n) is 9.90. The van der Waals surface area contributed by atoms with Gasteiger partial charge in [-0.05, 0) is 43.7 Å². The van der Waals surface area contributed by atoms with Gasteiger partial charge in [0.15, 0.2) is 0 Å². The minimum absolute atomic E-state index is 0.565. The van der Waals surface area contributed by atoms with Crippen LogP contribution >= 0.6 is 23.2 Å². The van der Waals surface area contributed by atoms with Gasteiger partial charge in [-0.3, -0.25) is 4.90 Å². The normalized spacial score (nSPS) is 15.5. The Morgan fingerprint density at radius 2 is 1.82 bits per heavy atom. The molecular weight excluding hydrogens is 389 g/mol. The van der Waals surface area contributed by atoms with E-state index in [0.717, 1.165) is 59.7 Å². The van der Waals surface area contributed by atoms with E-state index in [1.807, 2.05) is 18.2 Å². The zero-order valence-corrected chi connectivity index (χ0v) is 17.6. The van der Waals surface area contributed by atoms with Gasteiger partial charge in [-0.15, -0.1) is 11.6 Å². The van der Waals surface area contributed by atoms with E-state index in [2.05, 4.69) is 53.1 Å². The minimum Gasteiger partial charge on any atom is -0.371 e. The Labute approximate surface area is 176 Å². The summed E-state index contributed by atoms with van der Waals surface area (Å²) in [6.45, 7) is 5.23. The molecule has 0 N–H and O–H groups in total. The van der Waals surface area contributed by atoms with E-state index in [-0.39, 0.29) is 0 Å². The number of nitrogens with zero attached hydrogens (tertiary/aromatic N) is 3. The zero-order valence-electron chi connectivity index (χ0n) is 16.1. The number of rotatable bonds is 5. The molecule has 1 aliphatic rings. The summed E-state index contributed by atoms with van der Waals surface area (Å²) in [6, 6.07) is 19.8. The summed E-state index contributed by atoms with van der Waals surface area (Å²) >= 11 is 12.4. The highest BCUT2D eigenvalue weighted by Crippen LogP contribution is 2.34. The molecule has 0 atom stereocenters. The predicted molar refractivity (Wildman–Crippen MR) is 121 cm³/mol. The van der Waals surface area contributed by atoms with E-state index in [9.17, 15) is 0 Å². The number of aromatic nitrogens is 1. The molecule has 2 aromatic carbocycles. The largest absolute Gasteiger partial charge is 0.371 e. The number of benzene rings is 2. The van der Waals surface area contributed by atoms with Gasteiger partial charge in [0.05, 0.1) is 17.2 Å². The molecule has 0 radical (unpaired) electrons. The summed E-state index contributed by atoms with van der Waals surface area (Å²) in [7, 11) is 0. The smallest absolute Gasteiger partial charge is 0.0745 e. The topological polar surface area (TPSA) is 19.4 Å². The first kappa shape index (κ1) is 19.5. The van der Waals surface area contributed by atoms with E-state index in [0.29, 0.717) is 12.0 Å². The average Bonchev–Trinajstić information content (AvgIpc) is 2.75. The van der Waals surface area contributed by atoms with E-state index >= 15 is 0 Å². The number of hydrogen-bond donors (Lipinski definition) is 0. The number of halogens is 2. The van der Waals surface area contributed by atoms with Crippen LogP contribution in [0.1, 0.15) is 19.8 Å². The molecule has 0 bridgehead atoms. The molecule has 1 saturated heterocycles. The third-order valence-electron chi connectivity index (χ3n) is 5.70. The first-order valence-corrected chi connectivity index (χ1v) is 10.8. The molecule has 1 aromatic heterocycles. The maximum Gasteiger partial charge on any atom is 0.0745 e. The summed E-state index contributed by atoms with van der Waals surface area (Å²) in [5.41, 5.74) is 4.30. The monoisotopic (exact) mass is 413 g/mol. The molecule has 1 fully saturated rings. The SMILES string of the molecule is CCN(CCl)C1CCN(c2cc(-c3ccccc3)nc3cc(Cl)ccc23)CC1. The second-order valence-corrected chi connectivity index (χ2v) is 7.97. The van der Waals surface area contributed by atoms with Gasteiger partial charge in [0.25, 0.3) is 0 Å². The highest BCUT2D eigenvalue weighted by atomic mass is 35.5. The zero-order chi connectivity index (χ0) is 19.5. The summed E-state index contributed by atoms with van der Waals surface area (Å²) in [6.07, 6.45) is 2.25. The van der Waals surface area contributed by atoms with Crippen LogP contribution < -0.4 is 4.90 Å². The maximum absolute atomic E-state index is 6.27. The summed E-state index contributed by atoms with van der Waals surface area (Å²) in [4.78, 5) is 9.74. The van der Waals surface area contributed by atoms with Gasteiger partial charge in [0.2, 0.25) is 0 Å². The third kappa shape index (κ3) is 3.98. The highest BCUT2D eigenvalue weighted by Gasteiger charge is 2.25. The van der Waals surface area contributed by atoms with Crippen molar-refractivity contribution in [2.45, 2.75) is 25.8 Å². The number of fused-ring (bicyclic) bond motifs is 1. The summed E-state index contributed by atoms with van der Waals surface area (Å²) < 4.78 is 0. The lowest BCUT2D eigenvalue weighted by atomic mass is 10.0. The number of alkyl halides is 1. The fraction of sp³-hybridized carbons (Fsp3) is 0.348. The van der Waals surface area contributed by atoms with Gasteiger partial charge in [-0.25, -0.2) is 4.98 Å². The number of hydrogen-bond acceptors (Lipinski definition) is 3. The summed E-state index contributed by atoms with van der Waals surface area (Å²) in [5, 5.41) is 1.88. The van der Waals surface area contributed by atoms with Gasteiger partial charge in [-0.2, -0.15) is 0 Å². The summed E-state index contributed by atoms with van der Waals surface area (Å²) in [5.74, 6) is 0. The van der Waals surface area contributed by atoms with Crippen LogP contribution in [-0.2, 0) is 0 Å². The van der Waals surface area contributed by atoms with E-state index in [1.165, 1.54) is 5.69 Å². The lowest BCUT2D eigenvalue weighted by Gasteiger charge is -2.38. The van der Waals surface area contributed by atoms with Crippen LogP contribution in [0.15, 0.2) is 54.6 Å². The van der Waals surface area contributed by atoms with Crippen molar-refractivity contribution >= 4 is 39.8 Å². The maximum atomic E-state index is 6.27. The van der Waals surface area contributed by atoms with E-state index in [4.69, 9.17) is 28.2 Å². The van der Waals surface area contributed by atoms with Gasteiger partial charge in [-0.1, -0.05) is 48.9 Å². The molecule has 0 saturated carbocycles. The van der Waals surface area contributed by atoms with Crippen molar-refractivity contribution in [3.05, 3.63) is 59.6 Å². The van der Waals surface area contributed by atoms with Crippen LogP contribution in [-0.4, -0.2) is 41.6 Å². The Morgan fingerprint density at radius 1 is 1.07 bits per heavy atom. The molecule has 3 nitrogen and oxygen atoms in total. The molecule has 5 heteroatoms. The molecule has 0 aliphatic carbocycles. The molecule has 146 valence electrons. The molecule has 28 heavy (non-hydrogen) atoms. The fourth-order valence-corrected chi connectivity index (χ4v) is 4.64. The quantitative estimate of drug-likeness (QED) is 0.375. The second-order valence-electron chi connectivity index (χ2n) is 7.30. The van der Waals surface area contributed by atoms with Crippen LogP contribution in [0.25, 0.3) is 22.2 Å². The van der Waals surface area contributed by atoms with Crippen LogP contribution in [0.3, 0.4) is 0 Å². The van der Waals surface area contributed by atoms with Crippen molar-refractivity contribution in [2.75, 3.05) is 30.5 Å². The standard InChI is InChI=1S/C23H25Cl2N3/c1-2-27(16-24)19-10-12-28(13-11-19)23-15-21(17-6-4-3-5-7-17)26-22-14-18(25)8-9-20(22)23/h3-9,14-15,19H,2,10-13,16H2,1H3. The first-order chi connectivity index (χ1) is 13.7. The molecule has 0 spiro atoms. The Balaban J connectivity index is 1.70. The number of anilines is 1. The van der Waals surface area contributed by atoms with Crippen molar-refractivity contribution in [3.8, 4) is 11.3 Å². The van der Waals surface area contributed by atoms with E-state index in [1.54, 1.807) is 0 Å². The lowest BCUT2D eigenvalue weighted by molar-refractivity contribution is 0.206. The van der Waals surface area contributed by atoms with Gasteiger partial charge in [0.1, 0.15) is 0 Å². The van der Waals surface area contributed by atoms with Crippen molar-refractivity contribution in [2.24, 2.45) is 0 Å². The molecule has 1 aliphatic heterocycles. The van der Waals surface area contributed by atoms with Crippen molar-refractivity contribution in [1.82, 2.24) is 9.88 Å². The van der Waals surface area contributed by atoms with Gasteiger partial charge in [0, 0.05) is 40.8 Å². The second kappa shape index (κ2) is 8.69. The number of pyridine rings is 1. The Kier molecular flexibility index (Phi) is 6.05. The van der Waals surface area contributed by atoms with Crippen LogP contribution in [0, 0.1) is 0 Å². The van der Waals surface area contributed by atoms with Crippen molar-refractivity contribution in [1.29, 1.82) is 0 Å². The number of piperidine rings is 1. The molecule has 2 heterocycles. The molecule has 4 rings (SSSR count). The van der Waals surface area contributed by atoms with E-state index < -0.39 is 0 Å². The molecule has 0 amide bonds.